The number of hydrogen-bond donors (Lipinski definition) is 0. The lowest BCUT2D eigenvalue weighted by Crippen LogP contribution is -2.14. The first-order valence-corrected chi connectivity index (χ1v) is 2.48. The Kier molecular flexibility index (Phi) is 0.897. The zero-order chi connectivity index (χ0) is 6.20. The van der Waals surface area contributed by atoms with Gasteiger partial charge in [0.25, 0.3) is 0 Å². The van der Waals surface area contributed by atoms with E-state index < -0.39 is 0 Å². The van der Waals surface area contributed by atoms with Gasteiger partial charge in [0, 0.05) is 0 Å². The van der Waals surface area contributed by atoms with E-state index in [0.717, 1.165) is 0 Å². The van der Waals surface area contributed by atoms with Gasteiger partial charge in [0.1, 0.15) is 5.41 Å². The van der Waals surface area contributed by atoms with Gasteiger partial charge in [-0.2, -0.15) is 0 Å². The average molecular weight is 112 g/mol. The van der Waals surface area contributed by atoms with Crippen LogP contribution >= 0.6 is 0 Å². The topological polar surface area (TPSA) is 26.3 Å². The third-order valence-corrected chi connectivity index (χ3v) is 1.29. The van der Waals surface area contributed by atoms with E-state index in [1.807, 2.05) is 19.1 Å². The second-order valence-corrected chi connectivity index (χ2v) is 2.11. The van der Waals surface area contributed by atoms with Crippen LogP contribution in [0.2, 0.25) is 0 Å². The number of carbonyl (C=O) groups is 1. The van der Waals surface area contributed by atoms with Crippen molar-refractivity contribution in [2.24, 2.45) is 5.41 Å². The van der Waals surface area contributed by atoms with Crippen LogP contribution in [0.3, 0.4) is 0 Å². The van der Waals surface area contributed by atoms with Gasteiger partial charge >= 0.3 is 5.97 Å². The molecule has 0 saturated carbocycles. The summed E-state index contributed by atoms with van der Waals surface area (Å²) in [6.07, 6.45) is 3.64. The van der Waals surface area contributed by atoms with Crippen LogP contribution in [0.5, 0.6) is 0 Å². The molecule has 0 aliphatic heterocycles. The SMILES string of the molecule is COC(=O)C1(C)C=C1. The molecule has 8 heavy (non-hydrogen) atoms. The summed E-state index contributed by atoms with van der Waals surface area (Å²) in [4.78, 5) is 10.6. The van der Waals surface area contributed by atoms with Crippen molar-refractivity contribution in [2.75, 3.05) is 7.11 Å². The summed E-state index contributed by atoms with van der Waals surface area (Å²) < 4.78 is 4.48. The smallest absolute Gasteiger partial charge is 0.319 e. The van der Waals surface area contributed by atoms with Crippen LogP contribution in [0, 0.1) is 5.41 Å². The highest BCUT2D eigenvalue weighted by Crippen LogP contribution is 2.34. The number of rotatable bonds is 1. The Hall–Kier alpha value is -0.790. The number of hydrogen-bond acceptors (Lipinski definition) is 2. The molecule has 0 spiro atoms. The Morgan fingerprint density at radius 1 is 1.62 bits per heavy atom. The summed E-state index contributed by atoms with van der Waals surface area (Å²) in [5.74, 6) is -0.169. The molecule has 1 aliphatic rings. The maximum atomic E-state index is 10.6. The summed E-state index contributed by atoms with van der Waals surface area (Å²) >= 11 is 0. The van der Waals surface area contributed by atoms with E-state index in [2.05, 4.69) is 4.74 Å². The predicted molar refractivity (Wildman–Crippen MR) is 29.3 cm³/mol. The Balaban J connectivity index is 2.48. The highest BCUT2D eigenvalue weighted by atomic mass is 16.5. The monoisotopic (exact) mass is 112 g/mol. The summed E-state index contributed by atoms with van der Waals surface area (Å²) in [6, 6.07) is 0. The second-order valence-electron chi connectivity index (χ2n) is 2.11. The van der Waals surface area contributed by atoms with Crippen molar-refractivity contribution in [2.45, 2.75) is 6.92 Å². The lowest BCUT2D eigenvalue weighted by molar-refractivity contribution is -0.145. The molecule has 0 atom stereocenters. The second kappa shape index (κ2) is 1.34. The minimum atomic E-state index is -0.352. The van der Waals surface area contributed by atoms with Crippen LogP contribution in [0.4, 0.5) is 0 Å². The summed E-state index contributed by atoms with van der Waals surface area (Å²) in [5.41, 5.74) is -0.352. The van der Waals surface area contributed by atoms with E-state index in [1.165, 1.54) is 7.11 Å². The standard InChI is InChI=1S/C6H8O2/c1-6(3-4-6)5(7)8-2/h3-4H,1-2H3. The van der Waals surface area contributed by atoms with E-state index in [-0.39, 0.29) is 11.4 Å². The lowest BCUT2D eigenvalue weighted by Gasteiger charge is -2.03. The maximum absolute atomic E-state index is 10.6. The van der Waals surface area contributed by atoms with Crippen molar-refractivity contribution in [3.63, 3.8) is 0 Å². The Bertz CT molecular complexity index is 141. The molecule has 0 aromatic heterocycles. The van der Waals surface area contributed by atoms with Crippen molar-refractivity contribution in [1.82, 2.24) is 0 Å². The first-order chi connectivity index (χ1) is 3.69. The van der Waals surface area contributed by atoms with E-state index in [0.29, 0.717) is 0 Å². The highest BCUT2D eigenvalue weighted by molar-refractivity contribution is 5.85. The molecule has 0 amide bonds. The van der Waals surface area contributed by atoms with E-state index in [9.17, 15) is 4.79 Å². The molecule has 0 aromatic carbocycles. The molecule has 0 unspecified atom stereocenters. The van der Waals surface area contributed by atoms with Crippen LogP contribution in [-0.2, 0) is 9.53 Å². The fourth-order valence-electron chi connectivity index (χ4n) is 0.481. The lowest BCUT2D eigenvalue weighted by atomic mass is 10.1. The first-order valence-electron chi connectivity index (χ1n) is 2.48. The third kappa shape index (κ3) is 0.619. The molecule has 1 aliphatic carbocycles. The highest BCUT2D eigenvalue weighted by Gasteiger charge is 2.37. The van der Waals surface area contributed by atoms with E-state index in [1.54, 1.807) is 0 Å². The molecule has 2 nitrogen and oxygen atoms in total. The number of ether oxygens (including phenoxy) is 1. The molecule has 0 heterocycles. The molecule has 1 rings (SSSR count). The minimum absolute atomic E-state index is 0.169. The van der Waals surface area contributed by atoms with Crippen molar-refractivity contribution in [1.29, 1.82) is 0 Å². The van der Waals surface area contributed by atoms with Crippen LogP contribution in [0.1, 0.15) is 6.92 Å². The largest absolute Gasteiger partial charge is 0.468 e. The summed E-state index contributed by atoms with van der Waals surface area (Å²) in [5, 5.41) is 0. The number of methoxy groups -OCH3 is 1. The summed E-state index contributed by atoms with van der Waals surface area (Å²) in [6.45, 7) is 1.82. The number of esters is 1. The fourth-order valence-corrected chi connectivity index (χ4v) is 0.481. The molecule has 44 valence electrons. The van der Waals surface area contributed by atoms with Crippen LogP contribution in [-0.4, -0.2) is 13.1 Å². The Labute approximate surface area is 48.1 Å². The van der Waals surface area contributed by atoms with Gasteiger partial charge in [-0.1, -0.05) is 12.2 Å². The molecule has 0 bridgehead atoms. The van der Waals surface area contributed by atoms with Gasteiger partial charge in [-0.25, -0.2) is 0 Å². The van der Waals surface area contributed by atoms with Crippen molar-refractivity contribution in [3.8, 4) is 0 Å². The number of carbonyl (C=O) groups excluding carboxylic acids is 1. The Morgan fingerprint density at radius 2 is 2.12 bits per heavy atom. The van der Waals surface area contributed by atoms with Gasteiger partial charge in [0.15, 0.2) is 0 Å². The molecule has 0 aromatic rings. The molecular weight excluding hydrogens is 104 g/mol. The molecular formula is C6H8O2. The summed E-state index contributed by atoms with van der Waals surface area (Å²) in [7, 11) is 1.40. The third-order valence-electron chi connectivity index (χ3n) is 1.29. The molecule has 0 N–H and O–H groups in total. The van der Waals surface area contributed by atoms with E-state index in [4.69, 9.17) is 0 Å². The van der Waals surface area contributed by atoms with Crippen LogP contribution in [0.15, 0.2) is 12.2 Å². The van der Waals surface area contributed by atoms with Gasteiger partial charge in [-0.3, -0.25) is 4.79 Å². The van der Waals surface area contributed by atoms with E-state index >= 15 is 0 Å². The normalized spacial score (nSPS) is 20.2. The zero-order valence-corrected chi connectivity index (χ0v) is 4.97. The molecule has 0 saturated heterocycles. The van der Waals surface area contributed by atoms with Gasteiger partial charge in [-0.05, 0) is 6.92 Å². The van der Waals surface area contributed by atoms with Crippen molar-refractivity contribution in [3.05, 3.63) is 12.2 Å². The maximum Gasteiger partial charge on any atom is 0.319 e. The van der Waals surface area contributed by atoms with Crippen LogP contribution < -0.4 is 0 Å². The van der Waals surface area contributed by atoms with Crippen LogP contribution in [0.25, 0.3) is 0 Å². The predicted octanol–water partition coefficient (Wildman–Crippen LogP) is 0.735. The van der Waals surface area contributed by atoms with Gasteiger partial charge < -0.3 is 4.74 Å². The van der Waals surface area contributed by atoms with Gasteiger partial charge in [0.2, 0.25) is 0 Å². The Morgan fingerprint density at radius 3 is 2.25 bits per heavy atom. The molecule has 0 fully saturated rings. The zero-order valence-electron chi connectivity index (χ0n) is 4.97. The van der Waals surface area contributed by atoms with Gasteiger partial charge in [0.05, 0.1) is 7.11 Å². The quantitative estimate of drug-likeness (QED) is 0.369. The fraction of sp³-hybridized carbons (Fsp3) is 0.500. The van der Waals surface area contributed by atoms with Crippen molar-refractivity contribution >= 4 is 5.97 Å². The molecule has 0 radical (unpaired) electrons. The van der Waals surface area contributed by atoms with Gasteiger partial charge in [-0.15, -0.1) is 0 Å². The average Bonchev–Trinajstić information content (AvgIpc) is 2.47. The van der Waals surface area contributed by atoms with Crippen molar-refractivity contribution < 1.29 is 9.53 Å². The first kappa shape index (κ1) is 5.35. The molecule has 2 heteroatoms. The minimum Gasteiger partial charge on any atom is -0.468 e.